The van der Waals surface area contributed by atoms with Crippen molar-refractivity contribution in [1.29, 1.82) is 0 Å². The highest BCUT2D eigenvalue weighted by Gasteiger charge is 2.32. The largest absolute Gasteiger partial charge is 0.388 e. The van der Waals surface area contributed by atoms with Crippen molar-refractivity contribution < 1.29 is 5.11 Å². The summed E-state index contributed by atoms with van der Waals surface area (Å²) in [5, 5.41) is 10.8. The number of rotatable bonds is 2. The normalized spacial score (nSPS) is 22.2. The van der Waals surface area contributed by atoms with Crippen molar-refractivity contribution in [3.8, 4) is 0 Å². The molecule has 5 heteroatoms. The van der Waals surface area contributed by atoms with Gasteiger partial charge in [0.2, 0.25) is 0 Å². The van der Waals surface area contributed by atoms with Crippen LogP contribution in [0.3, 0.4) is 0 Å². The summed E-state index contributed by atoms with van der Waals surface area (Å²) in [6.45, 7) is 11.3. The maximum atomic E-state index is 9.70. The van der Waals surface area contributed by atoms with E-state index in [1.165, 1.54) is 0 Å². The van der Waals surface area contributed by atoms with E-state index in [2.05, 4.69) is 35.7 Å². The number of aromatic nitrogens is 1. The van der Waals surface area contributed by atoms with E-state index in [0.29, 0.717) is 0 Å². The first-order chi connectivity index (χ1) is 8.31. The predicted octanol–water partition coefficient (Wildman–Crippen LogP) is 2.04. The van der Waals surface area contributed by atoms with Crippen LogP contribution in [0.4, 0.5) is 5.13 Å². The molecule has 2 rings (SSSR count). The lowest BCUT2D eigenvalue weighted by Gasteiger charge is -2.45. The number of aryl methyl sites for hydroxylation is 1. The van der Waals surface area contributed by atoms with Crippen LogP contribution in [0.5, 0.6) is 0 Å². The molecule has 0 bridgehead atoms. The average Bonchev–Trinajstić information content (AvgIpc) is 2.64. The first kappa shape index (κ1) is 13.8. The molecular formula is C13H23N3OS. The standard InChI is InChI=1S/C13H23N3OS/c1-9-11(10(2)17)18-12(14-9)16-7-6-15(5)13(3,4)8-16/h10,17H,6-8H2,1-5H3. The van der Waals surface area contributed by atoms with Crippen LogP contribution >= 0.6 is 11.3 Å². The summed E-state index contributed by atoms with van der Waals surface area (Å²) in [4.78, 5) is 10.3. The van der Waals surface area contributed by atoms with E-state index in [-0.39, 0.29) is 5.54 Å². The highest BCUT2D eigenvalue weighted by Crippen LogP contribution is 2.33. The van der Waals surface area contributed by atoms with Crippen LogP contribution in [-0.4, -0.2) is 47.2 Å². The second kappa shape index (κ2) is 4.79. The molecule has 1 unspecified atom stereocenters. The summed E-state index contributed by atoms with van der Waals surface area (Å²) < 4.78 is 0. The Morgan fingerprint density at radius 1 is 1.39 bits per heavy atom. The molecule has 102 valence electrons. The van der Waals surface area contributed by atoms with Crippen molar-refractivity contribution >= 4 is 16.5 Å². The monoisotopic (exact) mass is 269 g/mol. The van der Waals surface area contributed by atoms with Gasteiger partial charge in [0.25, 0.3) is 0 Å². The van der Waals surface area contributed by atoms with Crippen molar-refractivity contribution in [3.63, 3.8) is 0 Å². The van der Waals surface area contributed by atoms with E-state index < -0.39 is 6.10 Å². The second-order valence-electron chi connectivity index (χ2n) is 5.78. The summed E-state index contributed by atoms with van der Waals surface area (Å²) in [6, 6.07) is 0. The molecule has 0 aromatic carbocycles. The average molecular weight is 269 g/mol. The first-order valence-electron chi connectivity index (χ1n) is 6.43. The molecule has 1 aliphatic heterocycles. The van der Waals surface area contributed by atoms with Gasteiger partial charge in [-0.25, -0.2) is 4.98 Å². The van der Waals surface area contributed by atoms with Gasteiger partial charge in [-0.05, 0) is 34.7 Å². The quantitative estimate of drug-likeness (QED) is 0.892. The van der Waals surface area contributed by atoms with E-state index >= 15 is 0 Å². The van der Waals surface area contributed by atoms with Gasteiger partial charge < -0.3 is 10.0 Å². The van der Waals surface area contributed by atoms with E-state index in [1.54, 1.807) is 18.3 Å². The number of anilines is 1. The number of aliphatic hydroxyl groups is 1. The minimum atomic E-state index is -0.420. The maximum Gasteiger partial charge on any atom is 0.185 e. The molecule has 2 heterocycles. The highest BCUT2D eigenvalue weighted by atomic mass is 32.1. The van der Waals surface area contributed by atoms with Crippen molar-refractivity contribution in [2.45, 2.75) is 39.3 Å². The number of likely N-dealkylation sites (N-methyl/N-ethyl adjacent to an activating group) is 1. The topological polar surface area (TPSA) is 39.6 Å². The van der Waals surface area contributed by atoms with Gasteiger partial charge in [0, 0.05) is 25.2 Å². The minimum absolute atomic E-state index is 0.169. The lowest BCUT2D eigenvalue weighted by molar-refractivity contribution is 0.139. The van der Waals surface area contributed by atoms with Gasteiger partial charge >= 0.3 is 0 Å². The van der Waals surface area contributed by atoms with Crippen molar-refractivity contribution in [2.75, 3.05) is 31.6 Å². The van der Waals surface area contributed by atoms with E-state index in [1.807, 2.05) is 6.92 Å². The van der Waals surface area contributed by atoms with E-state index in [0.717, 1.165) is 35.3 Å². The molecule has 1 aromatic rings. The van der Waals surface area contributed by atoms with Gasteiger partial charge in [-0.15, -0.1) is 0 Å². The number of hydrogen-bond donors (Lipinski definition) is 1. The van der Waals surface area contributed by atoms with Crippen LogP contribution in [0.15, 0.2) is 0 Å². The number of piperazine rings is 1. The zero-order valence-corrected chi connectivity index (χ0v) is 12.7. The van der Waals surface area contributed by atoms with Gasteiger partial charge in [0.1, 0.15) is 0 Å². The molecule has 0 radical (unpaired) electrons. The third kappa shape index (κ3) is 2.53. The fourth-order valence-corrected chi connectivity index (χ4v) is 3.35. The summed E-state index contributed by atoms with van der Waals surface area (Å²) in [5.74, 6) is 0. The smallest absolute Gasteiger partial charge is 0.185 e. The Morgan fingerprint density at radius 2 is 2.06 bits per heavy atom. The number of hydrogen-bond acceptors (Lipinski definition) is 5. The zero-order chi connectivity index (χ0) is 13.5. The Morgan fingerprint density at radius 3 is 2.56 bits per heavy atom. The number of thiazole rings is 1. The van der Waals surface area contributed by atoms with Crippen LogP contribution in [0.2, 0.25) is 0 Å². The number of nitrogens with zero attached hydrogens (tertiary/aromatic N) is 3. The van der Waals surface area contributed by atoms with Gasteiger partial charge in [0.15, 0.2) is 5.13 Å². The molecule has 18 heavy (non-hydrogen) atoms. The molecule has 0 spiro atoms. The predicted molar refractivity (Wildman–Crippen MR) is 76.4 cm³/mol. The van der Waals surface area contributed by atoms with Crippen LogP contribution in [0.1, 0.15) is 37.4 Å². The van der Waals surface area contributed by atoms with Crippen LogP contribution in [0, 0.1) is 6.92 Å². The molecule has 1 saturated heterocycles. The maximum absolute atomic E-state index is 9.70. The second-order valence-corrected chi connectivity index (χ2v) is 6.79. The Kier molecular flexibility index (Phi) is 3.67. The van der Waals surface area contributed by atoms with Crippen LogP contribution in [0.25, 0.3) is 0 Å². The van der Waals surface area contributed by atoms with Crippen molar-refractivity contribution in [1.82, 2.24) is 9.88 Å². The van der Waals surface area contributed by atoms with Gasteiger partial charge in [-0.3, -0.25) is 4.90 Å². The number of aliphatic hydroxyl groups excluding tert-OH is 1. The molecule has 0 saturated carbocycles. The molecule has 1 aliphatic rings. The molecule has 0 amide bonds. The van der Waals surface area contributed by atoms with E-state index in [9.17, 15) is 5.11 Å². The summed E-state index contributed by atoms with van der Waals surface area (Å²) in [5.41, 5.74) is 1.13. The molecule has 1 fully saturated rings. The van der Waals surface area contributed by atoms with Gasteiger partial charge in [-0.1, -0.05) is 11.3 Å². The lowest BCUT2D eigenvalue weighted by Crippen LogP contribution is -2.57. The van der Waals surface area contributed by atoms with Crippen molar-refractivity contribution in [2.24, 2.45) is 0 Å². The molecule has 4 nitrogen and oxygen atoms in total. The summed E-state index contributed by atoms with van der Waals surface area (Å²) in [7, 11) is 2.17. The van der Waals surface area contributed by atoms with Crippen LogP contribution < -0.4 is 4.90 Å². The third-order valence-electron chi connectivity index (χ3n) is 3.79. The molecule has 1 atom stereocenters. The molecule has 0 aliphatic carbocycles. The Balaban J connectivity index is 2.20. The first-order valence-corrected chi connectivity index (χ1v) is 7.24. The zero-order valence-electron chi connectivity index (χ0n) is 11.9. The Labute approximate surface area is 113 Å². The van der Waals surface area contributed by atoms with Gasteiger partial charge in [0.05, 0.1) is 16.7 Å². The summed E-state index contributed by atoms with van der Waals surface area (Å²) >= 11 is 1.62. The SMILES string of the molecule is Cc1nc(N2CCN(C)C(C)(C)C2)sc1C(C)O. The fraction of sp³-hybridized carbons (Fsp3) is 0.769. The Bertz CT molecular complexity index is 428. The van der Waals surface area contributed by atoms with Crippen molar-refractivity contribution in [3.05, 3.63) is 10.6 Å². The fourth-order valence-electron chi connectivity index (χ4n) is 2.32. The third-order valence-corrected chi connectivity index (χ3v) is 5.18. The van der Waals surface area contributed by atoms with E-state index in [4.69, 9.17) is 0 Å². The molecule has 1 aromatic heterocycles. The van der Waals surface area contributed by atoms with Gasteiger partial charge in [-0.2, -0.15) is 0 Å². The van der Waals surface area contributed by atoms with Crippen LogP contribution in [-0.2, 0) is 0 Å². The molecule has 1 N–H and O–H groups in total. The lowest BCUT2D eigenvalue weighted by atomic mass is 10.0. The highest BCUT2D eigenvalue weighted by molar-refractivity contribution is 7.15. The molecular weight excluding hydrogens is 246 g/mol. The summed E-state index contributed by atoms with van der Waals surface area (Å²) in [6.07, 6.45) is -0.420. The Hall–Kier alpha value is -0.650. The minimum Gasteiger partial charge on any atom is -0.388 e.